The molecule has 1 aliphatic rings. The molecule has 0 aromatic rings. The van der Waals surface area contributed by atoms with Crippen molar-refractivity contribution in [2.24, 2.45) is 5.73 Å². The second kappa shape index (κ2) is 2.51. The topological polar surface area (TPSA) is 38.0 Å². The minimum atomic E-state index is 0.170. The van der Waals surface area contributed by atoms with Crippen LogP contribution in [0.25, 0.3) is 0 Å². The summed E-state index contributed by atoms with van der Waals surface area (Å²) in [7, 11) is 5.61. The van der Waals surface area contributed by atoms with Crippen molar-refractivity contribution in [1.29, 1.82) is 0 Å². The van der Waals surface area contributed by atoms with Crippen LogP contribution in [-0.2, 0) is 0 Å². The average Bonchev–Trinajstić information content (AvgIpc) is 1.77. The number of hydrogen-bond acceptors (Lipinski definition) is 2. The van der Waals surface area contributed by atoms with Gasteiger partial charge in [0.15, 0.2) is 0 Å². The van der Waals surface area contributed by atoms with E-state index in [-0.39, 0.29) is 11.9 Å². The maximum absolute atomic E-state index is 5.61. The predicted molar refractivity (Wildman–Crippen MR) is 35.0 cm³/mol. The van der Waals surface area contributed by atoms with Gasteiger partial charge in [-0.15, -0.1) is 0 Å². The Balaban J connectivity index is 2.28. The van der Waals surface area contributed by atoms with Gasteiger partial charge in [0.1, 0.15) is 0 Å². The first-order valence-electron chi connectivity index (χ1n) is 3.02. The number of piperidine rings is 1. The summed E-state index contributed by atoms with van der Waals surface area (Å²) in [5.74, 6) is 0.219. The molecule has 0 saturated carbocycles. The molecule has 0 spiro atoms. The monoisotopic (exact) mass is 110 g/mol. The van der Waals surface area contributed by atoms with E-state index >= 15 is 0 Å². The number of hydrogen-bond donors (Lipinski definition) is 2. The van der Waals surface area contributed by atoms with Gasteiger partial charge in [-0.3, -0.25) is 0 Å². The first-order valence-corrected chi connectivity index (χ1v) is 3.02. The van der Waals surface area contributed by atoms with Crippen molar-refractivity contribution in [3.63, 3.8) is 0 Å². The Labute approximate surface area is 51.2 Å². The molecular formula is C5H11BN2. The molecule has 0 bridgehead atoms. The van der Waals surface area contributed by atoms with Crippen LogP contribution in [-0.4, -0.2) is 27.0 Å². The zero-order valence-corrected chi connectivity index (χ0v) is 4.93. The lowest BCUT2D eigenvalue weighted by molar-refractivity contribution is 0.459. The molecule has 0 aliphatic carbocycles. The Hall–Kier alpha value is -0.0151. The van der Waals surface area contributed by atoms with E-state index in [1.807, 2.05) is 0 Å². The van der Waals surface area contributed by atoms with Crippen LogP contribution in [0.5, 0.6) is 0 Å². The summed E-state index contributed by atoms with van der Waals surface area (Å²) in [6.07, 6.45) is 1.02. The quantitative estimate of drug-likeness (QED) is 0.403. The lowest BCUT2D eigenvalue weighted by Crippen LogP contribution is -2.43. The average molecular weight is 110 g/mol. The van der Waals surface area contributed by atoms with E-state index < -0.39 is 0 Å². The van der Waals surface area contributed by atoms with Crippen LogP contribution < -0.4 is 11.1 Å². The molecule has 8 heavy (non-hydrogen) atoms. The molecule has 1 aliphatic heterocycles. The molecular weight excluding hydrogens is 98.9 g/mol. The largest absolute Gasteiger partial charge is 0.327 e. The normalized spacial score (nSPS) is 39.6. The van der Waals surface area contributed by atoms with Crippen molar-refractivity contribution in [3.05, 3.63) is 0 Å². The minimum absolute atomic E-state index is 0.170. The zero-order valence-electron chi connectivity index (χ0n) is 4.93. The molecule has 0 aromatic carbocycles. The van der Waals surface area contributed by atoms with Gasteiger partial charge < -0.3 is 11.1 Å². The van der Waals surface area contributed by atoms with Crippen LogP contribution in [0.15, 0.2) is 0 Å². The predicted octanol–water partition coefficient (Wildman–Crippen LogP) is -0.736. The number of rotatable bonds is 0. The molecule has 0 aromatic heterocycles. The molecule has 1 fully saturated rings. The molecule has 2 atom stereocenters. The van der Waals surface area contributed by atoms with Crippen molar-refractivity contribution in [1.82, 2.24) is 5.32 Å². The second-order valence-electron chi connectivity index (χ2n) is 2.32. The third kappa shape index (κ3) is 1.23. The standard InChI is InChI=1S/C5H11BN2/c6-4-1-2-8-3-5(4)7/h4-5,8H,1-3,7H2. The summed E-state index contributed by atoms with van der Waals surface area (Å²) in [6, 6.07) is 0.170. The molecule has 2 nitrogen and oxygen atoms in total. The molecule has 3 N–H and O–H groups in total. The summed E-state index contributed by atoms with van der Waals surface area (Å²) in [4.78, 5) is 0. The van der Waals surface area contributed by atoms with Gasteiger partial charge in [0.2, 0.25) is 0 Å². The van der Waals surface area contributed by atoms with Gasteiger partial charge in [0.25, 0.3) is 0 Å². The molecule has 1 heterocycles. The highest BCUT2D eigenvalue weighted by molar-refractivity contribution is 6.12. The number of nitrogens with two attached hydrogens (primary N) is 1. The lowest BCUT2D eigenvalue weighted by Gasteiger charge is -2.25. The Bertz CT molecular complexity index is 66.8. The van der Waals surface area contributed by atoms with E-state index in [4.69, 9.17) is 13.6 Å². The second-order valence-corrected chi connectivity index (χ2v) is 2.32. The van der Waals surface area contributed by atoms with Crippen LogP contribution in [0.4, 0.5) is 0 Å². The third-order valence-electron chi connectivity index (χ3n) is 1.58. The number of nitrogens with one attached hydrogen (secondary N) is 1. The Kier molecular flexibility index (Phi) is 1.92. The SMILES string of the molecule is [B]C1CCNCC1N. The van der Waals surface area contributed by atoms with E-state index in [1.165, 1.54) is 0 Å². The minimum Gasteiger partial charge on any atom is -0.327 e. The van der Waals surface area contributed by atoms with Gasteiger partial charge in [0, 0.05) is 12.6 Å². The first kappa shape index (κ1) is 6.11. The lowest BCUT2D eigenvalue weighted by atomic mass is 9.77. The summed E-state index contributed by atoms with van der Waals surface area (Å²) in [6.45, 7) is 1.90. The van der Waals surface area contributed by atoms with E-state index in [0.717, 1.165) is 19.5 Å². The van der Waals surface area contributed by atoms with Crippen molar-refractivity contribution < 1.29 is 0 Å². The molecule has 3 heteroatoms. The van der Waals surface area contributed by atoms with Crippen LogP contribution >= 0.6 is 0 Å². The van der Waals surface area contributed by atoms with Gasteiger partial charge in [-0.05, 0) is 13.0 Å². The molecule has 0 amide bonds. The van der Waals surface area contributed by atoms with Gasteiger partial charge in [-0.1, -0.05) is 5.82 Å². The van der Waals surface area contributed by atoms with Crippen LogP contribution in [0.3, 0.4) is 0 Å². The Morgan fingerprint density at radius 3 is 2.75 bits per heavy atom. The van der Waals surface area contributed by atoms with Gasteiger partial charge >= 0.3 is 0 Å². The van der Waals surface area contributed by atoms with Gasteiger partial charge in [-0.2, -0.15) is 0 Å². The van der Waals surface area contributed by atoms with Crippen molar-refractivity contribution in [2.45, 2.75) is 18.3 Å². The fourth-order valence-electron chi connectivity index (χ4n) is 0.903. The fourth-order valence-corrected chi connectivity index (χ4v) is 0.903. The summed E-state index contributed by atoms with van der Waals surface area (Å²) >= 11 is 0. The van der Waals surface area contributed by atoms with Crippen LogP contribution in [0.1, 0.15) is 6.42 Å². The molecule has 2 radical (unpaired) electrons. The third-order valence-corrected chi connectivity index (χ3v) is 1.58. The Morgan fingerprint density at radius 1 is 1.62 bits per heavy atom. The Morgan fingerprint density at radius 2 is 2.38 bits per heavy atom. The van der Waals surface area contributed by atoms with Gasteiger partial charge in [-0.25, -0.2) is 0 Å². The van der Waals surface area contributed by atoms with E-state index in [9.17, 15) is 0 Å². The summed E-state index contributed by atoms with van der Waals surface area (Å²) in [5, 5.41) is 3.16. The highest BCUT2D eigenvalue weighted by Gasteiger charge is 2.15. The van der Waals surface area contributed by atoms with Crippen LogP contribution in [0.2, 0.25) is 5.82 Å². The fraction of sp³-hybridized carbons (Fsp3) is 1.00. The van der Waals surface area contributed by atoms with Crippen LogP contribution in [0, 0.1) is 0 Å². The first-order chi connectivity index (χ1) is 3.80. The van der Waals surface area contributed by atoms with Gasteiger partial charge in [0.05, 0.1) is 7.85 Å². The summed E-state index contributed by atoms with van der Waals surface area (Å²) < 4.78 is 0. The van der Waals surface area contributed by atoms with Crippen molar-refractivity contribution in [2.75, 3.05) is 13.1 Å². The van der Waals surface area contributed by atoms with E-state index in [0.29, 0.717) is 0 Å². The smallest absolute Gasteiger partial charge is 0.0721 e. The van der Waals surface area contributed by atoms with Crippen molar-refractivity contribution >= 4 is 7.85 Å². The zero-order chi connectivity index (χ0) is 5.98. The maximum Gasteiger partial charge on any atom is 0.0721 e. The molecule has 1 rings (SSSR count). The van der Waals surface area contributed by atoms with E-state index in [1.54, 1.807) is 0 Å². The highest BCUT2D eigenvalue weighted by Crippen LogP contribution is 2.11. The summed E-state index contributed by atoms with van der Waals surface area (Å²) in [5.41, 5.74) is 5.59. The van der Waals surface area contributed by atoms with Crippen molar-refractivity contribution in [3.8, 4) is 0 Å². The van der Waals surface area contributed by atoms with E-state index in [2.05, 4.69) is 5.32 Å². The molecule has 44 valence electrons. The molecule has 2 unspecified atom stereocenters. The maximum atomic E-state index is 5.61. The highest BCUT2D eigenvalue weighted by atomic mass is 14.9. The molecule has 1 saturated heterocycles.